The average molecular weight is 306 g/mol. The summed E-state index contributed by atoms with van der Waals surface area (Å²) in [7, 11) is 1.71. The molecule has 6 heteroatoms. The fourth-order valence-electron chi connectivity index (χ4n) is 1.80. The highest BCUT2D eigenvalue weighted by atomic mass is 35.5. The van der Waals surface area contributed by atoms with Crippen LogP contribution in [-0.2, 0) is 0 Å². The van der Waals surface area contributed by atoms with E-state index in [9.17, 15) is 4.79 Å². The van der Waals surface area contributed by atoms with Crippen molar-refractivity contribution in [1.82, 2.24) is 4.98 Å². The van der Waals surface area contributed by atoms with E-state index in [0.717, 1.165) is 0 Å². The quantitative estimate of drug-likeness (QED) is 0.831. The van der Waals surface area contributed by atoms with E-state index in [1.807, 2.05) is 19.1 Å². The predicted molar refractivity (Wildman–Crippen MR) is 84.4 cm³/mol. The van der Waals surface area contributed by atoms with Crippen LogP contribution < -0.4 is 15.4 Å². The van der Waals surface area contributed by atoms with E-state index < -0.39 is 0 Å². The molecule has 2 aromatic rings. The second-order valence-electron chi connectivity index (χ2n) is 4.20. The maximum absolute atomic E-state index is 12.3. The van der Waals surface area contributed by atoms with Crippen LogP contribution in [0.5, 0.6) is 5.75 Å². The fraction of sp³-hybridized carbons (Fsp3) is 0.200. The van der Waals surface area contributed by atoms with Crippen LogP contribution in [0.2, 0.25) is 5.15 Å². The molecule has 0 radical (unpaired) electrons. The number of nitrogens with one attached hydrogen (secondary N) is 2. The molecular weight excluding hydrogens is 290 g/mol. The van der Waals surface area contributed by atoms with Crippen molar-refractivity contribution in [2.75, 3.05) is 24.3 Å². The number of carbonyl (C=O) groups is 1. The first-order valence-electron chi connectivity index (χ1n) is 6.52. The number of benzene rings is 1. The molecule has 1 aromatic heterocycles. The Hall–Kier alpha value is -2.27. The Morgan fingerprint density at radius 2 is 2.10 bits per heavy atom. The molecule has 2 N–H and O–H groups in total. The molecule has 1 aromatic carbocycles. The molecular formula is C15H16ClN3O2. The number of hydrogen-bond donors (Lipinski definition) is 2. The molecule has 0 spiro atoms. The van der Waals surface area contributed by atoms with E-state index >= 15 is 0 Å². The summed E-state index contributed by atoms with van der Waals surface area (Å²) in [6, 6.07) is 10.4. The second-order valence-corrected chi connectivity index (χ2v) is 4.58. The van der Waals surface area contributed by atoms with Gasteiger partial charge < -0.3 is 15.4 Å². The molecule has 0 unspecified atom stereocenters. The molecule has 0 fully saturated rings. The van der Waals surface area contributed by atoms with Crippen LogP contribution in [0.3, 0.4) is 0 Å². The fourth-order valence-corrected chi connectivity index (χ4v) is 2.01. The van der Waals surface area contributed by atoms with Gasteiger partial charge >= 0.3 is 0 Å². The normalized spacial score (nSPS) is 10.0. The van der Waals surface area contributed by atoms with Gasteiger partial charge in [0.1, 0.15) is 16.7 Å². The third-order valence-electron chi connectivity index (χ3n) is 2.75. The molecule has 5 nitrogen and oxygen atoms in total. The van der Waals surface area contributed by atoms with Crippen molar-refractivity contribution in [3.8, 4) is 5.75 Å². The van der Waals surface area contributed by atoms with Gasteiger partial charge in [-0.15, -0.1) is 0 Å². The smallest absolute Gasteiger partial charge is 0.256 e. The Labute approximate surface area is 128 Å². The minimum Gasteiger partial charge on any atom is -0.492 e. The Kier molecular flexibility index (Phi) is 5.00. The lowest BCUT2D eigenvalue weighted by atomic mass is 10.2. The van der Waals surface area contributed by atoms with Crippen molar-refractivity contribution in [1.29, 1.82) is 0 Å². The number of anilines is 2. The van der Waals surface area contributed by atoms with Crippen LogP contribution in [0.15, 0.2) is 36.4 Å². The highest BCUT2D eigenvalue weighted by Gasteiger charge is 2.11. The van der Waals surface area contributed by atoms with Gasteiger partial charge in [-0.25, -0.2) is 4.98 Å². The van der Waals surface area contributed by atoms with Crippen LogP contribution in [-0.4, -0.2) is 24.5 Å². The lowest BCUT2D eigenvalue weighted by Crippen LogP contribution is -2.13. The molecule has 0 saturated carbocycles. The van der Waals surface area contributed by atoms with Gasteiger partial charge in [0.25, 0.3) is 5.91 Å². The summed E-state index contributed by atoms with van der Waals surface area (Å²) in [5.41, 5.74) is 1.04. The van der Waals surface area contributed by atoms with Crippen molar-refractivity contribution < 1.29 is 9.53 Å². The van der Waals surface area contributed by atoms with Gasteiger partial charge in [0, 0.05) is 12.6 Å². The van der Waals surface area contributed by atoms with Crippen molar-refractivity contribution >= 4 is 29.0 Å². The largest absolute Gasteiger partial charge is 0.492 e. The van der Waals surface area contributed by atoms with Crippen LogP contribution >= 0.6 is 11.6 Å². The lowest BCUT2D eigenvalue weighted by Gasteiger charge is -2.11. The zero-order valence-corrected chi connectivity index (χ0v) is 12.6. The molecule has 0 aliphatic carbocycles. The summed E-state index contributed by atoms with van der Waals surface area (Å²) in [5.74, 6) is 0.885. The number of aromatic nitrogens is 1. The summed E-state index contributed by atoms with van der Waals surface area (Å²) in [6.07, 6.45) is 0. The van der Waals surface area contributed by atoms with Gasteiger partial charge in [0.05, 0.1) is 12.3 Å². The molecule has 0 atom stereocenters. The van der Waals surface area contributed by atoms with E-state index in [0.29, 0.717) is 29.4 Å². The zero-order chi connectivity index (χ0) is 15.2. The molecule has 1 heterocycles. The maximum atomic E-state index is 12.3. The molecule has 2 rings (SSSR count). The van der Waals surface area contributed by atoms with E-state index in [2.05, 4.69) is 15.6 Å². The van der Waals surface area contributed by atoms with E-state index in [4.69, 9.17) is 16.3 Å². The number of rotatable bonds is 5. The summed E-state index contributed by atoms with van der Waals surface area (Å²) in [4.78, 5) is 16.3. The number of pyridine rings is 1. The second kappa shape index (κ2) is 6.95. The van der Waals surface area contributed by atoms with Crippen LogP contribution in [0.1, 0.15) is 17.3 Å². The molecule has 1 amide bonds. The van der Waals surface area contributed by atoms with E-state index in [1.165, 1.54) is 6.07 Å². The monoisotopic (exact) mass is 305 g/mol. The van der Waals surface area contributed by atoms with Gasteiger partial charge in [0.2, 0.25) is 0 Å². The summed E-state index contributed by atoms with van der Waals surface area (Å²) < 4.78 is 5.48. The highest BCUT2D eigenvalue weighted by Crippen LogP contribution is 2.25. The standard InChI is InChI=1S/C15H16ClN3O2/c1-3-21-12-7-5-4-6-11(12)18-15(20)10-8-13(16)19-14(9-10)17-2/h4-9H,3H2,1-2H3,(H,17,19)(H,18,20). The third-order valence-corrected chi connectivity index (χ3v) is 2.94. The Bertz CT molecular complexity index is 647. The third kappa shape index (κ3) is 3.86. The lowest BCUT2D eigenvalue weighted by molar-refractivity contribution is 0.102. The molecule has 0 bridgehead atoms. The van der Waals surface area contributed by atoms with E-state index in [1.54, 1.807) is 25.2 Å². The topological polar surface area (TPSA) is 63.2 Å². The first kappa shape index (κ1) is 15.1. The number of amides is 1. The van der Waals surface area contributed by atoms with E-state index in [-0.39, 0.29) is 11.1 Å². The van der Waals surface area contributed by atoms with Gasteiger partial charge in [0.15, 0.2) is 0 Å². The minimum absolute atomic E-state index is 0.255. The van der Waals surface area contributed by atoms with Crippen LogP contribution in [0.4, 0.5) is 11.5 Å². The van der Waals surface area contributed by atoms with Crippen molar-refractivity contribution in [2.45, 2.75) is 6.92 Å². The number of halogens is 1. The van der Waals surface area contributed by atoms with Gasteiger partial charge in [-0.3, -0.25) is 4.79 Å². The Morgan fingerprint density at radius 1 is 1.33 bits per heavy atom. The van der Waals surface area contributed by atoms with Crippen LogP contribution in [0.25, 0.3) is 0 Å². The maximum Gasteiger partial charge on any atom is 0.256 e. The van der Waals surface area contributed by atoms with Gasteiger partial charge in [-0.2, -0.15) is 0 Å². The number of para-hydroxylation sites is 2. The SMILES string of the molecule is CCOc1ccccc1NC(=O)c1cc(Cl)nc(NC)c1. The number of hydrogen-bond acceptors (Lipinski definition) is 4. The van der Waals surface area contributed by atoms with Gasteiger partial charge in [-0.1, -0.05) is 23.7 Å². The molecule has 0 aliphatic rings. The summed E-state index contributed by atoms with van der Waals surface area (Å²) in [5, 5.41) is 5.93. The molecule has 110 valence electrons. The first-order valence-corrected chi connectivity index (χ1v) is 6.90. The minimum atomic E-state index is -0.275. The number of ether oxygens (including phenoxy) is 1. The van der Waals surface area contributed by atoms with Crippen molar-refractivity contribution in [3.05, 3.63) is 47.1 Å². The van der Waals surface area contributed by atoms with Crippen molar-refractivity contribution in [2.24, 2.45) is 0 Å². The van der Waals surface area contributed by atoms with Crippen molar-refractivity contribution in [3.63, 3.8) is 0 Å². The number of nitrogens with zero attached hydrogens (tertiary/aromatic N) is 1. The van der Waals surface area contributed by atoms with Gasteiger partial charge in [-0.05, 0) is 31.2 Å². The van der Waals surface area contributed by atoms with Crippen LogP contribution in [0, 0.1) is 0 Å². The Morgan fingerprint density at radius 3 is 2.81 bits per heavy atom. The zero-order valence-electron chi connectivity index (χ0n) is 11.8. The summed E-state index contributed by atoms with van der Waals surface area (Å²) in [6.45, 7) is 2.41. The molecule has 21 heavy (non-hydrogen) atoms. The number of carbonyl (C=O) groups excluding carboxylic acids is 1. The Balaban J connectivity index is 2.24. The molecule has 0 aliphatic heterocycles. The molecule has 0 saturated heterocycles. The predicted octanol–water partition coefficient (Wildman–Crippen LogP) is 3.43. The summed E-state index contributed by atoms with van der Waals surface area (Å²) >= 11 is 5.90. The first-order chi connectivity index (χ1) is 10.1. The average Bonchev–Trinajstić information content (AvgIpc) is 2.48. The highest BCUT2D eigenvalue weighted by molar-refractivity contribution is 6.30.